The highest BCUT2D eigenvalue weighted by Crippen LogP contribution is 2.30. The highest BCUT2D eigenvalue weighted by molar-refractivity contribution is 5.19. The van der Waals surface area contributed by atoms with E-state index >= 15 is 0 Å². The summed E-state index contributed by atoms with van der Waals surface area (Å²) in [5.74, 6) is 0. The molecule has 100 valence electrons. The van der Waals surface area contributed by atoms with E-state index in [2.05, 4.69) is 63.3 Å². The zero-order valence-electron chi connectivity index (χ0n) is 11.9. The first-order valence-electron chi connectivity index (χ1n) is 6.91. The van der Waals surface area contributed by atoms with Gasteiger partial charge in [-0.15, -0.1) is 0 Å². The number of hydrogen-bond donors (Lipinski definition) is 1. The molecule has 0 amide bonds. The van der Waals surface area contributed by atoms with E-state index in [0.29, 0.717) is 12.1 Å². The largest absolute Gasteiger partial charge is 0.372 e. The van der Waals surface area contributed by atoms with E-state index in [4.69, 9.17) is 4.74 Å². The molecule has 1 N–H and O–H groups in total. The van der Waals surface area contributed by atoms with Gasteiger partial charge in [0.2, 0.25) is 0 Å². The van der Waals surface area contributed by atoms with E-state index in [1.807, 2.05) is 0 Å². The second-order valence-electron chi connectivity index (χ2n) is 6.36. The SMILES string of the molecule is CC1NC(C(C)(C)C)CCOC1c1ccccc1. The van der Waals surface area contributed by atoms with Gasteiger partial charge in [-0.1, -0.05) is 51.1 Å². The fourth-order valence-electron chi connectivity index (χ4n) is 2.66. The maximum absolute atomic E-state index is 6.06. The van der Waals surface area contributed by atoms with Gasteiger partial charge in [-0.25, -0.2) is 0 Å². The zero-order valence-corrected chi connectivity index (χ0v) is 11.9. The topological polar surface area (TPSA) is 21.3 Å². The number of benzene rings is 1. The summed E-state index contributed by atoms with van der Waals surface area (Å²) in [5, 5.41) is 3.74. The lowest BCUT2D eigenvalue weighted by atomic mass is 9.84. The van der Waals surface area contributed by atoms with Crippen molar-refractivity contribution in [3.63, 3.8) is 0 Å². The Bertz CT molecular complexity index is 368. The van der Waals surface area contributed by atoms with Crippen LogP contribution in [0.3, 0.4) is 0 Å². The Morgan fingerprint density at radius 1 is 1.17 bits per heavy atom. The van der Waals surface area contributed by atoms with Gasteiger partial charge in [0, 0.05) is 18.7 Å². The van der Waals surface area contributed by atoms with Crippen LogP contribution in [0.4, 0.5) is 0 Å². The third-order valence-electron chi connectivity index (χ3n) is 3.80. The molecular formula is C16H25NO. The van der Waals surface area contributed by atoms with Crippen LogP contribution in [0.1, 0.15) is 45.8 Å². The summed E-state index contributed by atoms with van der Waals surface area (Å²) >= 11 is 0. The molecule has 2 nitrogen and oxygen atoms in total. The van der Waals surface area contributed by atoms with Gasteiger partial charge in [-0.3, -0.25) is 0 Å². The molecule has 1 aliphatic heterocycles. The second kappa shape index (κ2) is 5.41. The van der Waals surface area contributed by atoms with Crippen molar-refractivity contribution in [2.45, 2.75) is 52.3 Å². The Balaban J connectivity index is 2.12. The van der Waals surface area contributed by atoms with Gasteiger partial charge in [0.25, 0.3) is 0 Å². The monoisotopic (exact) mass is 247 g/mol. The molecule has 0 saturated carbocycles. The molecule has 2 heteroatoms. The molecule has 3 atom stereocenters. The van der Waals surface area contributed by atoms with Crippen molar-refractivity contribution < 1.29 is 4.74 Å². The minimum Gasteiger partial charge on any atom is -0.372 e. The number of hydrogen-bond acceptors (Lipinski definition) is 2. The van der Waals surface area contributed by atoms with E-state index in [1.54, 1.807) is 0 Å². The summed E-state index contributed by atoms with van der Waals surface area (Å²) in [7, 11) is 0. The Hall–Kier alpha value is -0.860. The van der Waals surface area contributed by atoms with Crippen molar-refractivity contribution in [1.82, 2.24) is 5.32 Å². The molecule has 1 aliphatic rings. The number of rotatable bonds is 1. The van der Waals surface area contributed by atoms with Crippen LogP contribution in [0.15, 0.2) is 30.3 Å². The highest BCUT2D eigenvalue weighted by atomic mass is 16.5. The lowest BCUT2D eigenvalue weighted by molar-refractivity contribution is 0.0460. The van der Waals surface area contributed by atoms with Crippen LogP contribution in [-0.4, -0.2) is 18.7 Å². The molecule has 0 aromatic heterocycles. The smallest absolute Gasteiger partial charge is 0.0975 e. The van der Waals surface area contributed by atoms with Gasteiger partial charge in [0.05, 0.1) is 6.10 Å². The predicted molar refractivity (Wildman–Crippen MR) is 75.6 cm³/mol. The summed E-state index contributed by atoms with van der Waals surface area (Å²) in [5.41, 5.74) is 1.55. The molecule has 0 bridgehead atoms. The van der Waals surface area contributed by atoms with E-state index in [-0.39, 0.29) is 11.5 Å². The molecule has 0 aliphatic carbocycles. The van der Waals surface area contributed by atoms with E-state index in [1.165, 1.54) is 5.56 Å². The molecule has 1 fully saturated rings. The fourth-order valence-corrected chi connectivity index (χ4v) is 2.66. The van der Waals surface area contributed by atoms with Crippen LogP contribution < -0.4 is 5.32 Å². The van der Waals surface area contributed by atoms with Crippen molar-refractivity contribution in [2.75, 3.05) is 6.61 Å². The van der Waals surface area contributed by atoms with Crippen molar-refractivity contribution in [2.24, 2.45) is 5.41 Å². The highest BCUT2D eigenvalue weighted by Gasteiger charge is 2.32. The molecular weight excluding hydrogens is 222 g/mol. The Morgan fingerprint density at radius 2 is 1.83 bits per heavy atom. The standard InChI is InChI=1S/C16H25NO/c1-12-15(13-8-6-5-7-9-13)18-11-10-14(17-12)16(2,3)4/h5-9,12,14-15,17H,10-11H2,1-4H3. The van der Waals surface area contributed by atoms with Crippen molar-refractivity contribution in [1.29, 1.82) is 0 Å². The lowest BCUT2D eigenvalue weighted by Crippen LogP contribution is -2.45. The van der Waals surface area contributed by atoms with Crippen LogP contribution in [-0.2, 0) is 4.74 Å². The van der Waals surface area contributed by atoms with Gasteiger partial charge in [0.1, 0.15) is 0 Å². The molecule has 0 radical (unpaired) electrons. The van der Waals surface area contributed by atoms with Crippen LogP contribution in [0.25, 0.3) is 0 Å². The van der Waals surface area contributed by atoms with Gasteiger partial charge < -0.3 is 10.1 Å². The average molecular weight is 247 g/mol. The predicted octanol–water partition coefficient (Wildman–Crippen LogP) is 3.54. The summed E-state index contributed by atoms with van der Waals surface area (Å²) in [6.45, 7) is 9.93. The Morgan fingerprint density at radius 3 is 2.44 bits per heavy atom. The van der Waals surface area contributed by atoms with Crippen LogP contribution >= 0.6 is 0 Å². The minimum atomic E-state index is 0.165. The summed E-state index contributed by atoms with van der Waals surface area (Å²) in [6, 6.07) is 11.4. The van der Waals surface area contributed by atoms with E-state index in [9.17, 15) is 0 Å². The summed E-state index contributed by atoms with van der Waals surface area (Å²) in [4.78, 5) is 0. The van der Waals surface area contributed by atoms with Crippen molar-refractivity contribution in [3.05, 3.63) is 35.9 Å². The molecule has 18 heavy (non-hydrogen) atoms. The van der Waals surface area contributed by atoms with Crippen molar-refractivity contribution >= 4 is 0 Å². The summed E-state index contributed by atoms with van der Waals surface area (Å²) < 4.78 is 6.06. The fraction of sp³-hybridized carbons (Fsp3) is 0.625. The zero-order chi connectivity index (χ0) is 13.2. The number of ether oxygens (including phenoxy) is 1. The van der Waals surface area contributed by atoms with Gasteiger partial charge in [0.15, 0.2) is 0 Å². The van der Waals surface area contributed by atoms with Crippen LogP contribution in [0.2, 0.25) is 0 Å². The normalized spacial score (nSPS) is 29.9. The quantitative estimate of drug-likeness (QED) is 0.819. The lowest BCUT2D eigenvalue weighted by Gasteiger charge is -2.33. The van der Waals surface area contributed by atoms with Crippen molar-refractivity contribution in [3.8, 4) is 0 Å². The van der Waals surface area contributed by atoms with E-state index < -0.39 is 0 Å². The Kier molecular flexibility index (Phi) is 4.08. The maximum atomic E-state index is 6.06. The minimum absolute atomic E-state index is 0.165. The number of nitrogens with one attached hydrogen (secondary N) is 1. The molecule has 1 aromatic carbocycles. The molecule has 1 heterocycles. The third-order valence-corrected chi connectivity index (χ3v) is 3.80. The molecule has 2 rings (SSSR count). The molecule has 3 unspecified atom stereocenters. The third kappa shape index (κ3) is 3.12. The van der Waals surface area contributed by atoms with Crippen LogP contribution in [0, 0.1) is 5.41 Å². The first-order valence-corrected chi connectivity index (χ1v) is 6.91. The van der Waals surface area contributed by atoms with E-state index in [0.717, 1.165) is 13.0 Å². The van der Waals surface area contributed by atoms with Gasteiger partial charge in [-0.05, 0) is 24.3 Å². The van der Waals surface area contributed by atoms with Crippen LogP contribution in [0.5, 0.6) is 0 Å². The van der Waals surface area contributed by atoms with Gasteiger partial charge >= 0.3 is 0 Å². The Labute approximate surface area is 111 Å². The average Bonchev–Trinajstić information content (AvgIpc) is 2.51. The van der Waals surface area contributed by atoms with Gasteiger partial charge in [-0.2, -0.15) is 0 Å². The molecule has 0 spiro atoms. The molecule has 1 aromatic rings. The first-order chi connectivity index (χ1) is 8.48. The first kappa shape index (κ1) is 13.6. The summed E-state index contributed by atoms with van der Waals surface area (Å²) in [6.07, 6.45) is 1.25. The maximum Gasteiger partial charge on any atom is 0.0975 e. The second-order valence-corrected chi connectivity index (χ2v) is 6.36. The molecule has 1 saturated heterocycles.